The number of hydrogen-bond donors (Lipinski definition) is 2. The van der Waals surface area contributed by atoms with Crippen LogP contribution in [-0.2, 0) is 10.2 Å². The molecule has 0 radical (unpaired) electrons. The van der Waals surface area contributed by atoms with E-state index in [4.69, 9.17) is 5.11 Å². The summed E-state index contributed by atoms with van der Waals surface area (Å²) in [6, 6.07) is 4.11. The third kappa shape index (κ3) is 3.68. The summed E-state index contributed by atoms with van der Waals surface area (Å²) in [5, 5.41) is 8.91. The van der Waals surface area contributed by atoms with Gasteiger partial charge in [-0.3, -0.25) is 4.72 Å². The van der Waals surface area contributed by atoms with Gasteiger partial charge in [-0.15, -0.1) is 0 Å². The first-order chi connectivity index (χ1) is 8.65. The van der Waals surface area contributed by atoms with Crippen molar-refractivity contribution in [3.8, 4) is 0 Å². The molecule has 1 aromatic carbocycles. The summed E-state index contributed by atoms with van der Waals surface area (Å²) >= 11 is 0. The molecule has 0 aliphatic rings. The Morgan fingerprint density at radius 1 is 1.37 bits per heavy atom. The number of carboxylic acid groups (broad SMARTS) is 1. The van der Waals surface area contributed by atoms with Crippen molar-refractivity contribution in [1.29, 1.82) is 0 Å². The van der Waals surface area contributed by atoms with Crippen LogP contribution >= 0.6 is 0 Å². The Kier molecular flexibility index (Phi) is 4.54. The molecule has 0 saturated heterocycles. The van der Waals surface area contributed by atoms with E-state index in [-0.39, 0.29) is 17.3 Å². The lowest BCUT2D eigenvalue weighted by Gasteiger charge is -2.22. The molecule has 19 heavy (non-hydrogen) atoms. The minimum absolute atomic E-state index is 0.0375. The summed E-state index contributed by atoms with van der Waals surface area (Å²) in [6.07, 6.45) is 0. The highest BCUT2D eigenvalue weighted by atomic mass is 32.2. The molecule has 0 amide bonds. The van der Waals surface area contributed by atoms with Crippen LogP contribution in [0.3, 0.4) is 0 Å². The highest BCUT2D eigenvalue weighted by molar-refractivity contribution is 7.90. The molecule has 7 heteroatoms. The van der Waals surface area contributed by atoms with Crippen LogP contribution < -0.4 is 4.72 Å². The van der Waals surface area contributed by atoms with E-state index in [1.54, 1.807) is 26.8 Å². The number of benzene rings is 1. The van der Waals surface area contributed by atoms with E-state index in [2.05, 4.69) is 4.72 Å². The first-order valence-corrected chi connectivity index (χ1v) is 7.19. The van der Waals surface area contributed by atoms with Crippen molar-refractivity contribution < 1.29 is 18.3 Å². The van der Waals surface area contributed by atoms with Gasteiger partial charge in [0.25, 0.3) is 0 Å². The fraction of sp³-hybridized carbons (Fsp3) is 0.417. The number of anilines is 1. The lowest BCUT2D eigenvalue weighted by Crippen LogP contribution is -2.37. The van der Waals surface area contributed by atoms with Crippen LogP contribution in [0.2, 0.25) is 0 Å². The highest BCUT2D eigenvalue weighted by Crippen LogP contribution is 2.19. The van der Waals surface area contributed by atoms with E-state index >= 15 is 0 Å². The molecule has 0 aromatic heterocycles. The van der Waals surface area contributed by atoms with Gasteiger partial charge in [0.2, 0.25) is 0 Å². The average Bonchev–Trinajstić information content (AvgIpc) is 2.30. The summed E-state index contributed by atoms with van der Waals surface area (Å²) in [6.45, 7) is 5.21. The molecule has 0 aliphatic heterocycles. The Hall–Kier alpha value is -1.60. The minimum atomic E-state index is -3.69. The van der Waals surface area contributed by atoms with Crippen LogP contribution in [0.5, 0.6) is 0 Å². The topological polar surface area (TPSA) is 86.7 Å². The zero-order valence-electron chi connectivity index (χ0n) is 11.3. The average molecular weight is 286 g/mol. The molecule has 0 fully saturated rings. The molecule has 6 nitrogen and oxygen atoms in total. The minimum Gasteiger partial charge on any atom is -0.478 e. The lowest BCUT2D eigenvalue weighted by molar-refractivity contribution is 0.0697. The second-order valence-corrected chi connectivity index (χ2v) is 6.28. The second-order valence-electron chi connectivity index (χ2n) is 4.55. The molecule has 0 bridgehead atoms. The third-order valence-corrected chi connectivity index (χ3v) is 4.49. The zero-order valence-corrected chi connectivity index (χ0v) is 12.2. The quantitative estimate of drug-likeness (QED) is 0.862. The third-order valence-electron chi connectivity index (χ3n) is 2.83. The van der Waals surface area contributed by atoms with Gasteiger partial charge in [-0.05, 0) is 38.5 Å². The van der Waals surface area contributed by atoms with Crippen LogP contribution in [0.25, 0.3) is 0 Å². The van der Waals surface area contributed by atoms with E-state index in [9.17, 15) is 13.2 Å². The number of rotatable bonds is 5. The van der Waals surface area contributed by atoms with Gasteiger partial charge in [0.05, 0.1) is 11.3 Å². The van der Waals surface area contributed by atoms with Crippen molar-refractivity contribution in [2.45, 2.75) is 26.8 Å². The van der Waals surface area contributed by atoms with Crippen molar-refractivity contribution in [2.24, 2.45) is 0 Å². The molecule has 1 aromatic rings. The predicted molar refractivity (Wildman–Crippen MR) is 73.6 cm³/mol. The van der Waals surface area contributed by atoms with Gasteiger partial charge >= 0.3 is 16.2 Å². The number of hydrogen-bond acceptors (Lipinski definition) is 3. The number of nitrogens with zero attached hydrogens (tertiary/aromatic N) is 1. The molecular formula is C12H18N2O4S. The number of aromatic carboxylic acids is 1. The second kappa shape index (κ2) is 5.58. The molecule has 0 heterocycles. The number of carbonyl (C=O) groups is 1. The fourth-order valence-corrected chi connectivity index (χ4v) is 2.55. The van der Waals surface area contributed by atoms with Crippen LogP contribution in [0.1, 0.15) is 29.8 Å². The monoisotopic (exact) mass is 286 g/mol. The van der Waals surface area contributed by atoms with E-state index < -0.39 is 16.2 Å². The molecule has 0 spiro atoms. The Labute approximate surface area is 113 Å². The summed E-state index contributed by atoms with van der Waals surface area (Å²) < 4.78 is 27.7. The summed E-state index contributed by atoms with van der Waals surface area (Å²) in [5.41, 5.74) is 0.966. The molecular weight excluding hydrogens is 268 g/mol. The Morgan fingerprint density at radius 3 is 2.42 bits per heavy atom. The van der Waals surface area contributed by atoms with Crippen molar-refractivity contribution in [2.75, 3.05) is 11.8 Å². The molecule has 2 N–H and O–H groups in total. The maximum Gasteiger partial charge on any atom is 0.335 e. The first kappa shape index (κ1) is 15.5. The van der Waals surface area contributed by atoms with Crippen LogP contribution in [0, 0.1) is 6.92 Å². The first-order valence-electron chi connectivity index (χ1n) is 5.75. The van der Waals surface area contributed by atoms with Gasteiger partial charge in [0.1, 0.15) is 0 Å². The van der Waals surface area contributed by atoms with Gasteiger partial charge < -0.3 is 5.11 Å². The van der Waals surface area contributed by atoms with E-state index in [0.717, 1.165) is 0 Å². The number of nitrogens with one attached hydrogen (secondary N) is 1. The summed E-state index contributed by atoms with van der Waals surface area (Å²) in [4.78, 5) is 10.9. The normalized spacial score (nSPS) is 11.9. The molecule has 106 valence electrons. The van der Waals surface area contributed by atoms with Crippen molar-refractivity contribution in [3.63, 3.8) is 0 Å². The van der Waals surface area contributed by atoms with Crippen molar-refractivity contribution in [3.05, 3.63) is 29.3 Å². The van der Waals surface area contributed by atoms with Crippen molar-refractivity contribution in [1.82, 2.24) is 4.31 Å². The Balaban J connectivity index is 3.12. The van der Waals surface area contributed by atoms with Gasteiger partial charge in [0, 0.05) is 13.1 Å². The molecule has 0 aliphatic carbocycles. The van der Waals surface area contributed by atoms with Crippen LogP contribution in [0.15, 0.2) is 18.2 Å². The molecule has 1 rings (SSSR count). The zero-order chi connectivity index (χ0) is 14.8. The number of carboxylic acids is 1. The molecule has 0 unspecified atom stereocenters. The standard InChI is InChI=1S/C12H18N2O4S/c1-8(2)14(4)19(17,18)13-11-7-10(12(15)16)6-5-9(11)3/h5-8,13H,1-4H3,(H,15,16). The van der Waals surface area contributed by atoms with Gasteiger partial charge in [-0.1, -0.05) is 6.07 Å². The van der Waals surface area contributed by atoms with E-state index in [1.165, 1.54) is 23.5 Å². The maximum absolute atomic E-state index is 12.0. The van der Waals surface area contributed by atoms with Gasteiger partial charge in [0.15, 0.2) is 0 Å². The van der Waals surface area contributed by atoms with Crippen LogP contribution in [-0.4, -0.2) is 36.9 Å². The predicted octanol–water partition coefficient (Wildman–Crippen LogP) is 1.69. The molecule has 0 saturated carbocycles. The number of aryl methyl sites for hydroxylation is 1. The Morgan fingerprint density at radius 2 is 1.95 bits per heavy atom. The van der Waals surface area contributed by atoms with Gasteiger partial charge in [-0.25, -0.2) is 4.79 Å². The largest absolute Gasteiger partial charge is 0.478 e. The molecule has 0 atom stereocenters. The maximum atomic E-state index is 12.0. The smallest absolute Gasteiger partial charge is 0.335 e. The van der Waals surface area contributed by atoms with Gasteiger partial charge in [-0.2, -0.15) is 12.7 Å². The Bertz CT molecular complexity index is 581. The van der Waals surface area contributed by atoms with E-state index in [1.807, 2.05) is 0 Å². The fourth-order valence-electron chi connectivity index (χ4n) is 1.35. The summed E-state index contributed by atoms with van der Waals surface area (Å²) in [7, 11) is -2.23. The summed E-state index contributed by atoms with van der Waals surface area (Å²) in [5.74, 6) is -1.10. The van der Waals surface area contributed by atoms with Crippen LogP contribution in [0.4, 0.5) is 5.69 Å². The lowest BCUT2D eigenvalue weighted by atomic mass is 10.1. The van der Waals surface area contributed by atoms with E-state index in [0.29, 0.717) is 5.56 Å². The highest BCUT2D eigenvalue weighted by Gasteiger charge is 2.21. The van der Waals surface area contributed by atoms with Crippen molar-refractivity contribution >= 4 is 21.9 Å². The SMILES string of the molecule is Cc1ccc(C(=O)O)cc1NS(=O)(=O)N(C)C(C)C.